The fourth-order valence-electron chi connectivity index (χ4n) is 1.02. The highest BCUT2D eigenvalue weighted by Crippen LogP contribution is 2.19. The number of allylic oxidation sites excluding steroid dienone is 2. The van der Waals surface area contributed by atoms with Gasteiger partial charge in [-0.2, -0.15) is 0 Å². The summed E-state index contributed by atoms with van der Waals surface area (Å²) in [6, 6.07) is 0. The van der Waals surface area contributed by atoms with Gasteiger partial charge in [0.15, 0.2) is 0 Å². The van der Waals surface area contributed by atoms with Crippen molar-refractivity contribution in [3.8, 4) is 0 Å². The first-order valence-corrected chi connectivity index (χ1v) is 6.67. The van der Waals surface area contributed by atoms with Crippen LogP contribution in [0.2, 0.25) is 0 Å². The normalized spacial score (nSPS) is 13.5. The molecule has 0 unspecified atom stereocenters. The summed E-state index contributed by atoms with van der Waals surface area (Å²) in [5, 5.41) is 20.8. The number of nitrogens with one attached hydrogen (secondary N) is 4. The van der Waals surface area contributed by atoms with Crippen LogP contribution in [0.25, 0.3) is 0 Å². The highest BCUT2D eigenvalue weighted by molar-refractivity contribution is 14.1. The first kappa shape index (κ1) is 15.6. The van der Waals surface area contributed by atoms with Crippen molar-refractivity contribution < 1.29 is 0 Å². The Morgan fingerprint density at radius 2 is 1.88 bits per heavy atom. The van der Waals surface area contributed by atoms with Crippen molar-refractivity contribution in [3.63, 3.8) is 0 Å². The van der Waals surface area contributed by atoms with E-state index in [1.165, 1.54) is 12.4 Å². The second kappa shape index (κ2) is 8.74. The van der Waals surface area contributed by atoms with Gasteiger partial charge in [-0.05, 0) is 45.4 Å². The van der Waals surface area contributed by atoms with E-state index in [2.05, 4.69) is 49.2 Å². The maximum Gasteiger partial charge on any atom is 0.0831 e. The second-order valence-corrected chi connectivity index (χ2v) is 4.80. The SMILES string of the molecule is CCN/C(Br)=C(\C=N)C/C(C=N)=C(\I)NC. The zero-order chi connectivity index (χ0) is 12.6. The van der Waals surface area contributed by atoms with Crippen LogP contribution >= 0.6 is 38.5 Å². The summed E-state index contributed by atoms with van der Waals surface area (Å²) in [6.45, 7) is 2.79. The van der Waals surface area contributed by atoms with Crippen molar-refractivity contribution in [1.29, 1.82) is 10.8 Å². The van der Waals surface area contributed by atoms with Crippen molar-refractivity contribution in [3.05, 3.63) is 19.5 Å². The minimum absolute atomic E-state index is 0.555. The number of rotatable bonds is 7. The molecule has 4 N–H and O–H groups in total. The Kier molecular flexibility index (Phi) is 8.54. The van der Waals surface area contributed by atoms with Crippen molar-refractivity contribution in [2.24, 2.45) is 0 Å². The van der Waals surface area contributed by atoms with Gasteiger partial charge in [-0.25, -0.2) is 0 Å². The average molecular weight is 399 g/mol. The first-order valence-electron chi connectivity index (χ1n) is 4.80. The molecule has 0 radical (unpaired) electrons. The van der Waals surface area contributed by atoms with Gasteiger partial charge in [0.25, 0.3) is 0 Å². The van der Waals surface area contributed by atoms with E-state index in [9.17, 15) is 0 Å². The molecule has 0 aromatic rings. The van der Waals surface area contributed by atoms with Gasteiger partial charge in [0.1, 0.15) is 0 Å². The fourth-order valence-corrected chi connectivity index (χ4v) is 1.90. The van der Waals surface area contributed by atoms with E-state index in [1.807, 2.05) is 14.0 Å². The third-order valence-corrected chi connectivity index (χ3v) is 3.87. The second-order valence-electron chi connectivity index (χ2n) is 2.92. The summed E-state index contributed by atoms with van der Waals surface area (Å²) >= 11 is 5.54. The molecule has 0 aliphatic carbocycles. The van der Waals surface area contributed by atoms with E-state index in [4.69, 9.17) is 10.8 Å². The van der Waals surface area contributed by atoms with Crippen molar-refractivity contribution >= 4 is 51.0 Å². The predicted octanol–water partition coefficient (Wildman–Crippen LogP) is 2.76. The Labute approximate surface area is 118 Å². The lowest BCUT2D eigenvalue weighted by molar-refractivity contribution is 0.897. The Morgan fingerprint density at radius 1 is 1.31 bits per heavy atom. The third-order valence-electron chi connectivity index (χ3n) is 1.84. The van der Waals surface area contributed by atoms with Crippen LogP contribution in [0, 0.1) is 10.8 Å². The molecule has 0 amide bonds. The molecule has 0 bridgehead atoms. The van der Waals surface area contributed by atoms with Gasteiger partial charge < -0.3 is 21.5 Å². The van der Waals surface area contributed by atoms with E-state index in [0.29, 0.717) is 6.42 Å². The largest absolute Gasteiger partial charge is 0.383 e. The number of hydrogen-bond acceptors (Lipinski definition) is 4. The lowest BCUT2D eigenvalue weighted by atomic mass is 10.1. The Hall–Kier alpha value is -0.370. The van der Waals surface area contributed by atoms with Crippen molar-refractivity contribution in [2.45, 2.75) is 13.3 Å². The van der Waals surface area contributed by atoms with E-state index in [-0.39, 0.29) is 0 Å². The zero-order valence-corrected chi connectivity index (χ0v) is 13.1. The van der Waals surface area contributed by atoms with Gasteiger partial charge >= 0.3 is 0 Å². The predicted molar refractivity (Wildman–Crippen MR) is 81.9 cm³/mol. The molecule has 0 aliphatic heterocycles. The van der Waals surface area contributed by atoms with E-state index in [1.54, 1.807) is 0 Å². The van der Waals surface area contributed by atoms with E-state index >= 15 is 0 Å². The number of hydrogen-bond donors (Lipinski definition) is 4. The van der Waals surface area contributed by atoms with Crippen LogP contribution in [0.1, 0.15) is 13.3 Å². The minimum Gasteiger partial charge on any atom is -0.383 e. The average Bonchev–Trinajstić information content (AvgIpc) is 2.30. The van der Waals surface area contributed by atoms with Crippen LogP contribution in [0.15, 0.2) is 19.5 Å². The Balaban J connectivity index is 4.97. The molecule has 16 heavy (non-hydrogen) atoms. The van der Waals surface area contributed by atoms with Gasteiger partial charge in [0, 0.05) is 43.6 Å². The molecular formula is C10H16BrIN4. The summed E-state index contributed by atoms with van der Waals surface area (Å²) in [7, 11) is 1.82. The van der Waals surface area contributed by atoms with E-state index in [0.717, 1.165) is 26.0 Å². The molecule has 6 heteroatoms. The smallest absolute Gasteiger partial charge is 0.0831 e. The van der Waals surface area contributed by atoms with Gasteiger partial charge in [-0.15, -0.1) is 0 Å². The van der Waals surface area contributed by atoms with Crippen LogP contribution in [0.3, 0.4) is 0 Å². The van der Waals surface area contributed by atoms with Crippen LogP contribution in [0.5, 0.6) is 0 Å². The molecule has 0 rings (SSSR count). The van der Waals surface area contributed by atoms with Crippen LogP contribution in [-0.4, -0.2) is 26.0 Å². The van der Waals surface area contributed by atoms with Gasteiger partial charge in [0.05, 0.1) is 8.31 Å². The molecule has 0 saturated heterocycles. The summed E-state index contributed by atoms with van der Waals surface area (Å²) < 4.78 is 1.73. The minimum atomic E-state index is 0.555. The number of halogens is 2. The summed E-state index contributed by atoms with van der Waals surface area (Å²) in [5.74, 6) is 0. The highest BCUT2D eigenvalue weighted by atomic mass is 127. The van der Waals surface area contributed by atoms with E-state index < -0.39 is 0 Å². The maximum atomic E-state index is 7.36. The molecular weight excluding hydrogens is 383 g/mol. The zero-order valence-electron chi connectivity index (χ0n) is 9.32. The molecule has 90 valence electrons. The van der Waals surface area contributed by atoms with Gasteiger partial charge in [0.2, 0.25) is 0 Å². The molecule has 0 aromatic carbocycles. The standard InChI is InChI=1S/C10H16BrIN4/c1-3-16-9(11)7(5-13)4-8(6-14)10(12)15-2/h5-6,13-16H,3-4H2,1-2H3/b9-7-,10-8-,13-5?,14-6?. The molecule has 0 aromatic heterocycles. The van der Waals surface area contributed by atoms with Crippen LogP contribution in [0.4, 0.5) is 0 Å². The monoisotopic (exact) mass is 398 g/mol. The van der Waals surface area contributed by atoms with Crippen LogP contribution in [-0.2, 0) is 0 Å². The van der Waals surface area contributed by atoms with Crippen LogP contribution < -0.4 is 10.6 Å². The molecule has 0 heterocycles. The van der Waals surface area contributed by atoms with Crippen molar-refractivity contribution in [2.75, 3.05) is 13.6 Å². The molecule has 0 spiro atoms. The third kappa shape index (κ3) is 5.11. The molecule has 4 nitrogen and oxygen atoms in total. The quantitative estimate of drug-likeness (QED) is 0.302. The summed E-state index contributed by atoms with van der Waals surface area (Å²) in [5.41, 5.74) is 1.68. The molecule has 0 atom stereocenters. The summed E-state index contributed by atoms with van der Waals surface area (Å²) in [6.07, 6.45) is 3.17. The lowest BCUT2D eigenvalue weighted by Gasteiger charge is -2.09. The Bertz CT molecular complexity index is 323. The molecule has 0 fully saturated rings. The molecule has 0 saturated carbocycles. The molecule has 0 aliphatic rings. The fraction of sp³-hybridized carbons (Fsp3) is 0.400. The Morgan fingerprint density at radius 3 is 2.25 bits per heavy atom. The first-order chi connectivity index (χ1) is 7.60. The van der Waals surface area contributed by atoms with Gasteiger partial charge in [-0.3, -0.25) is 0 Å². The highest BCUT2D eigenvalue weighted by Gasteiger charge is 2.06. The lowest BCUT2D eigenvalue weighted by Crippen LogP contribution is -2.12. The summed E-state index contributed by atoms with van der Waals surface area (Å²) in [4.78, 5) is 0. The maximum absolute atomic E-state index is 7.36. The van der Waals surface area contributed by atoms with Crippen molar-refractivity contribution in [1.82, 2.24) is 10.6 Å². The topological polar surface area (TPSA) is 71.8 Å². The van der Waals surface area contributed by atoms with Gasteiger partial charge in [-0.1, -0.05) is 0 Å².